The van der Waals surface area contributed by atoms with E-state index in [2.05, 4.69) is 10.3 Å². The molecule has 3 rings (SSSR count). The fraction of sp³-hybridized carbons (Fsp3) is 0.350. The number of hydrogen-bond donors (Lipinski definition) is 2. The standard InChI is InChI=1S/C20H23N3O4/c1-14(27-18-4-2-17(24)3-5-18)20(26)23-12-8-16(9-13-23)22-19(25)15-6-10-21-11-7-15/h2-7,10-11,14,16,24H,8-9,12-13H2,1H3,(H,22,25). The molecule has 7 nitrogen and oxygen atoms in total. The lowest BCUT2D eigenvalue weighted by Gasteiger charge is -2.33. The maximum atomic E-state index is 12.6. The van der Waals surface area contributed by atoms with E-state index >= 15 is 0 Å². The van der Waals surface area contributed by atoms with Gasteiger partial charge in [0.15, 0.2) is 6.10 Å². The van der Waals surface area contributed by atoms with Crippen molar-refractivity contribution in [2.75, 3.05) is 13.1 Å². The summed E-state index contributed by atoms with van der Waals surface area (Å²) in [4.78, 5) is 30.5. The molecule has 0 radical (unpaired) electrons. The van der Waals surface area contributed by atoms with Gasteiger partial charge in [0, 0.05) is 37.1 Å². The van der Waals surface area contributed by atoms with E-state index in [-0.39, 0.29) is 23.6 Å². The highest BCUT2D eigenvalue weighted by Gasteiger charge is 2.27. The molecule has 2 N–H and O–H groups in total. The Labute approximate surface area is 158 Å². The number of ether oxygens (including phenoxy) is 1. The predicted molar refractivity (Wildman–Crippen MR) is 99.5 cm³/mol. The van der Waals surface area contributed by atoms with Gasteiger partial charge in [0.1, 0.15) is 11.5 Å². The SMILES string of the molecule is CC(Oc1ccc(O)cc1)C(=O)N1CCC(NC(=O)c2ccncc2)CC1. The van der Waals surface area contributed by atoms with Crippen molar-refractivity contribution in [1.29, 1.82) is 0 Å². The van der Waals surface area contributed by atoms with E-state index in [9.17, 15) is 14.7 Å². The molecule has 142 valence electrons. The second-order valence-electron chi connectivity index (χ2n) is 6.56. The maximum Gasteiger partial charge on any atom is 0.263 e. The number of nitrogens with zero attached hydrogens (tertiary/aromatic N) is 2. The van der Waals surface area contributed by atoms with Crippen molar-refractivity contribution in [2.24, 2.45) is 0 Å². The minimum Gasteiger partial charge on any atom is -0.508 e. The van der Waals surface area contributed by atoms with E-state index < -0.39 is 6.10 Å². The lowest BCUT2D eigenvalue weighted by molar-refractivity contribution is -0.139. The smallest absolute Gasteiger partial charge is 0.263 e. The number of carbonyl (C=O) groups excluding carboxylic acids is 2. The molecule has 1 aromatic heterocycles. The topological polar surface area (TPSA) is 91.8 Å². The van der Waals surface area contributed by atoms with Crippen molar-refractivity contribution >= 4 is 11.8 Å². The molecule has 0 bridgehead atoms. The Morgan fingerprint density at radius 1 is 1.15 bits per heavy atom. The first-order valence-electron chi connectivity index (χ1n) is 8.98. The van der Waals surface area contributed by atoms with Crippen LogP contribution in [0.2, 0.25) is 0 Å². The predicted octanol–water partition coefficient (Wildman–Crippen LogP) is 1.98. The highest BCUT2D eigenvalue weighted by atomic mass is 16.5. The van der Waals surface area contributed by atoms with Crippen LogP contribution in [-0.2, 0) is 4.79 Å². The summed E-state index contributed by atoms with van der Waals surface area (Å²) in [6.45, 7) is 2.86. The second-order valence-corrected chi connectivity index (χ2v) is 6.56. The van der Waals surface area contributed by atoms with Gasteiger partial charge in [-0.3, -0.25) is 14.6 Å². The lowest BCUT2D eigenvalue weighted by Crippen LogP contribution is -2.49. The summed E-state index contributed by atoms with van der Waals surface area (Å²) in [5.41, 5.74) is 0.583. The molecule has 7 heteroatoms. The number of likely N-dealkylation sites (tertiary alicyclic amines) is 1. The van der Waals surface area contributed by atoms with Crippen LogP contribution in [0.15, 0.2) is 48.8 Å². The van der Waals surface area contributed by atoms with Crippen molar-refractivity contribution in [3.63, 3.8) is 0 Å². The quantitative estimate of drug-likeness (QED) is 0.841. The summed E-state index contributed by atoms with van der Waals surface area (Å²) in [5.74, 6) is 0.485. The van der Waals surface area contributed by atoms with Gasteiger partial charge in [0.05, 0.1) is 0 Å². The van der Waals surface area contributed by atoms with E-state index in [4.69, 9.17) is 4.74 Å². The average molecular weight is 369 g/mol. The van der Waals surface area contributed by atoms with Gasteiger partial charge in [-0.25, -0.2) is 0 Å². The van der Waals surface area contributed by atoms with Gasteiger partial charge in [-0.2, -0.15) is 0 Å². The third kappa shape index (κ3) is 4.97. The Kier molecular flexibility index (Phi) is 5.90. The molecule has 1 aromatic carbocycles. The Balaban J connectivity index is 1.47. The average Bonchev–Trinajstić information content (AvgIpc) is 2.70. The minimum absolute atomic E-state index is 0.0445. The van der Waals surface area contributed by atoms with Gasteiger partial charge in [0.25, 0.3) is 11.8 Å². The highest BCUT2D eigenvalue weighted by Crippen LogP contribution is 2.19. The number of hydrogen-bond acceptors (Lipinski definition) is 5. The molecule has 1 aliphatic heterocycles. The summed E-state index contributed by atoms with van der Waals surface area (Å²) < 4.78 is 5.66. The van der Waals surface area contributed by atoms with Crippen molar-refractivity contribution in [2.45, 2.75) is 31.9 Å². The van der Waals surface area contributed by atoms with Crippen LogP contribution in [-0.4, -0.2) is 52.0 Å². The molecule has 27 heavy (non-hydrogen) atoms. The van der Waals surface area contributed by atoms with Crippen molar-refractivity contribution in [3.05, 3.63) is 54.4 Å². The van der Waals surface area contributed by atoms with Crippen LogP contribution in [0.1, 0.15) is 30.1 Å². The van der Waals surface area contributed by atoms with E-state index in [1.807, 2.05) is 0 Å². The molecule has 1 saturated heterocycles. The zero-order chi connectivity index (χ0) is 19.2. The summed E-state index contributed by atoms with van der Waals surface area (Å²) in [7, 11) is 0. The number of aromatic hydroxyl groups is 1. The molecule has 0 spiro atoms. The summed E-state index contributed by atoms with van der Waals surface area (Å²) in [6, 6.07) is 9.68. The van der Waals surface area contributed by atoms with Crippen LogP contribution in [0.25, 0.3) is 0 Å². The summed E-state index contributed by atoms with van der Waals surface area (Å²) in [6.07, 6.45) is 3.97. The van der Waals surface area contributed by atoms with Gasteiger partial charge in [-0.1, -0.05) is 0 Å². The molecule has 1 aliphatic rings. The molecule has 0 saturated carbocycles. The van der Waals surface area contributed by atoms with Gasteiger partial charge in [0.2, 0.25) is 0 Å². The van der Waals surface area contributed by atoms with Crippen molar-refractivity contribution < 1.29 is 19.4 Å². The van der Waals surface area contributed by atoms with Crippen LogP contribution in [0.5, 0.6) is 11.5 Å². The van der Waals surface area contributed by atoms with E-state index in [1.54, 1.807) is 48.5 Å². The molecular weight excluding hydrogens is 346 g/mol. The molecule has 1 atom stereocenters. The number of aromatic nitrogens is 1. The van der Waals surface area contributed by atoms with Gasteiger partial charge < -0.3 is 20.1 Å². The largest absolute Gasteiger partial charge is 0.508 e. The Hall–Kier alpha value is -3.09. The number of phenols is 1. The number of carbonyl (C=O) groups is 2. The van der Waals surface area contributed by atoms with E-state index in [0.717, 1.165) is 0 Å². The minimum atomic E-state index is -0.613. The fourth-order valence-corrected chi connectivity index (χ4v) is 3.05. The first-order chi connectivity index (χ1) is 13.0. The number of nitrogens with one attached hydrogen (secondary N) is 1. The molecule has 1 fully saturated rings. The van der Waals surface area contributed by atoms with Crippen LogP contribution < -0.4 is 10.1 Å². The first-order valence-corrected chi connectivity index (χ1v) is 8.98. The molecule has 1 unspecified atom stereocenters. The highest BCUT2D eigenvalue weighted by molar-refractivity contribution is 5.94. The van der Waals surface area contributed by atoms with Crippen LogP contribution in [0, 0.1) is 0 Å². The van der Waals surface area contributed by atoms with Gasteiger partial charge in [-0.15, -0.1) is 0 Å². The second kappa shape index (κ2) is 8.53. The molecule has 2 amide bonds. The third-order valence-electron chi connectivity index (χ3n) is 4.58. The van der Waals surface area contributed by atoms with Crippen molar-refractivity contribution in [3.8, 4) is 11.5 Å². The van der Waals surface area contributed by atoms with E-state index in [1.165, 1.54) is 12.1 Å². The zero-order valence-corrected chi connectivity index (χ0v) is 15.2. The monoisotopic (exact) mass is 369 g/mol. The Bertz CT molecular complexity index is 772. The lowest BCUT2D eigenvalue weighted by atomic mass is 10.0. The van der Waals surface area contributed by atoms with Gasteiger partial charge in [-0.05, 0) is 56.2 Å². The van der Waals surface area contributed by atoms with Crippen LogP contribution >= 0.6 is 0 Å². The molecule has 0 aliphatic carbocycles. The number of rotatable bonds is 5. The normalized spacial score (nSPS) is 15.8. The first kappa shape index (κ1) is 18.7. The van der Waals surface area contributed by atoms with Crippen LogP contribution in [0.3, 0.4) is 0 Å². The zero-order valence-electron chi connectivity index (χ0n) is 15.2. The Morgan fingerprint density at radius 2 is 1.78 bits per heavy atom. The fourth-order valence-electron chi connectivity index (χ4n) is 3.05. The number of amides is 2. The molecule has 2 aromatic rings. The summed E-state index contributed by atoms with van der Waals surface area (Å²) in [5, 5.41) is 12.3. The third-order valence-corrected chi connectivity index (χ3v) is 4.58. The number of piperidine rings is 1. The van der Waals surface area contributed by atoms with Crippen molar-refractivity contribution in [1.82, 2.24) is 15.2 Å². The van der Waals surface area contributed by atoms with E-state index in [0.29, 0.717) is 37.2 Å². The number of phenolic OH excluding ortho intramolecular Hbond substituents is 1. The summed E-state index contributed by atoms with van der Waals surface area (Å²) >= 11 is 0. The Morgan fingerprint density at radius 3 is 2.41 bits per heavy atom. The molecular formula is C20H23N3O4. The van der Waals surface area contributed by atoms with Crippen LogP contribution in [0.4, 0.5) is 0 Å². The van der Waals surface area contributed by atoms with Gasteiger partial charge >= 0.3 is 0 Å². The number of pyridine rings is 1. The maximum absolute atomic E-state index is 12.6. The molecule has 2 heterocycles. The number of benzene rings is 1.